The lowest BCUT2D eigenvalue weighted by atomic mass is 10.3. The molecule has 2 nitrogen and oxygen atoms in total. The van der Waals surface area contributed by atoms with E-state index in [-0.39, 0.29) is 0 Å². The summed E-state index contributed by atoms with van der Waals surface area (Å²) in [5, 5.41) is 0. The fourth-order valence-electron chi connectivity index (χ4n) is 1.21. The molecule has 0 aliphatic carbocycles. The number of aromatic nitrogens is 2. The third-order valence-corrected chi connectivity index (χ3v) is 2.38. The van der Waals surface area contributed by atoms with E-state index >= 15 is 0 Å². The number of para-hydroxylation sites is 2. The van der Waals surface area contributed by atoms with Crippen LogP contribution in [-0.2, 0) is 5.75 Å². The summed E-state index contributed by atoms with van der Waals surface area (Å²) in [6.45, 7) is 0. The van der Waals surface area contributed by atoms with Gasteiger partial charge < -0.3 is 0 Å². The Bertz CT molecular complexity index is 414. The fourth-order valence-corrected chi connectivity index (χ4v) is 1.65. The molecule has 0 unspecified atom stereocenters. The predicted molar refractivity (Wildman–Crippen MR) is 56.8 cm³/mol. The van der Waals surface area contributed by atoms with Gasteiger partial charge in [-0.15, -0.1) is 0 Å². The molecule has 1 aromatic heterocycles. The molecule has 0 saturated carbocycles. The van der Waals surface area contributed by atoms with E-state index in [9.17, 15) is 0 Å². The normalized spacial score (nSPS) is 10.5. The summed E-state index contributed by atoms with van der Waals surface area (Å²) >= 11 is 1.76. The molecule has 0 bridgehead atoms. The van der Waals surface area contributed by atoms with E-state index < -0.39 is 0 Å². The molecular formula is C10H10N2S. The Labute approximate surface area is 81.4 Å². The summed E-state index contributed by atoms with van der Waals surface area (Å²) in [4.78, 5) is 8.81. The third kappa shape index (κ3) is 1.80. The van der Waals surface area contributed by atoms with E-state index in [0.29, 0.717) is 0 Å². The molecule has 0 saturated heterocycles. The van der Waals surface area contributed by atoms with Crippen molar-refractivity contribution in [2.45, 2.75) is 5.75 Å². The lowest BCUT2D eigenvalue weighted by Crippen LogP contribution is -1.89. The Morgan fingerprint density at radius 1 is 1.23 bits per heavy atom. The number of rotatable bonds is 2. The van der Waals surface area contributed by atoms with Gasteiger partial charge in [0.25, 0.3) is 0 Å². The van der Waals surface area contributed by atoms with E-state index in [4.69, 9.17) is 0 Å². The van der Waals surface area contributed by atoms with Crippen molar-refractivity contribution in [3.63, 3.8) is 0 Å². The average Bonchev–Trinajstić information content (AvgIpc) is 2.18. The maximum atomic E-state index is 4.48. The highest BCUT2D eigenvalue weighted by molar-refractivity contribution is 7.97. The molecule has 2 aromatic rings. The quantitative estimate of drug-likeness (QED) is 0.727. The number of hydrogen-bond acceptors (Lipinski definition) is 3. The maximum Gasteiger partial charge on any atom is 0.0890 e. The molecule has 1 aromatic carbocycles. The average molecular weight is 190 g/mol. The Balaban J connectivity index is 2.49. The predicted octanol–water partition coefficient (Wildman–Crippen LogP) is 2.49. The molecular weight excluding hydrogens is 180 g/mol. The largest absolute Gasteiger partial charge is 0.253 e. The molecule has 0 fully saturated rings. The Kier molecular flexibility index (Phi) is 2.45. The Morgan fingerprint density at radius 2 is 2.00 bits per heavy atom. The van der Waals surface area contributed by atoms with Crippen LogP contribution in [0.15, 0.2) is 30.5 Å². The minimum atomic E-state index is 0.928. The van der Waals surface area contributed by atoms with Crippen molar-refractivity contribution in [2.75, 3.05) is 6.26 Å². The van der Waals surface area contributed by atoms with Crippen LogP contribution >= 0.6 is 11.8 Å². The minimum absolute atomic E-state index is 0.928. The van der Waals surface area contributed by atoms with E-state index in [1.807, 2.05) is 30.5 Å². The van der Waals surface area contributed by atoms with Crippen LogP contribution in [0.2, 0.25) is 0 Å². The first-order valence-corrected chi connectivity index (χ1v) is 5.49. The molecule has 0 aliphatic heterocycles. The van der Waals surface area contributed by atoms with Gasteiger partial charge in [0.2, 0.25) is 0 Å². The second-order valence-electron chi connectivity index (χ2n) is 2.78. The second kappa shape index (κ2) is 3.75. The summed E-state index contributed by atoms with van der Waals surface area (Å²) in [5.41, 5.74) is 2.99. The summed E-state index contributed by atoms with van der Waals surface area (Å²) in [6.07, 6.45) is 3.91. The van der Waals surface area contributed by atoms with Gasteiger partial charge in [-0.05, 0) is 18.4 Å². The number of benzene rings is 1. The van der Waals surface area contributed by atoms with Crippen molar-refractivity contribution >= 4 is 22.8 Å². The number of hydrogen-bond donors (Lipinski definition) is 0. The van der Waals surface area contributed by atoms with E-state index in [1.54, 1.807) is 11.8 Å². The molecule has 0 radical (unpaired) electrons. The Hall–Kier alpha value is -1.09. The van der Waals surface area contributed by atoms with Gasteiger partial charge in [-0.2, -0.15) is 11.8 Å². The van der Waals surface area contributed by atoms with Crippen LogP contribution in [0.3, 0.4) is 0 Å². The molecule has 0 spiro atoms. The van der Waals surface area contributed by atoms with Gasteiger partial charge in [0, 0.05) is 11.9 Å². The molecule has 13 heavy (non-hydrogen) atoms. The van der Waals surface area contributed by atoms with E-state index in [1.165, 1.54) is 0 Å². The number of thioether (sulfide) groups is 1. The van der Waals surface area contributed by atoms with Gasteiger partial charge in [-0.3, -0.25) is 4.98 Å². The fraction of sp³-hybridized carbons (Fsp3) is 0.200. The van der Waals surface area contributed by atoms with Crippen molar-refractivity contribution in [1.29, 1.82) is 0 Å². The second-order valence-corrected chi connectivity index (χ2v) is 3.65. The van der Waals surface area contributed by atoms with Crippen LogP contribution in [0.1, 0.15) is 5.69 Å². The van der Waals surface area contributed by atoms with Gasteiger partial charge >= 0.3 is 0 Å². The van der Waals surface area contributed by atoms with Gasteiger partial charge in [-0.25, -0.2) is 4.98 Å². The van der Waals surface area contributed by atoms with Gasteiger partial charge in [-0.1, -0.05) is 12.1 Å². The van der Waals surface area contributed by atoms with Crippen LogP contribution in [0.25, 0.3) is 11.0 Å². The van der Waals surface area contributed by atoms with Crippen molar-refractivity contribution in [3.05, 3.63) is 36.2 Å². The summed E-state index contributed by atoms with van der Waals surface area (Å²) in [5.74, 6) is 0.928. The first-order chi connectivity index (χ1) is 6.40. The molecule has 2 rings (SSSR count). The Morgan fingerprint density at radius 3 is 2.77 bits per heavy atom. The molecule has 0 aliphatic rings. The van der Waals surface area contributed by atoms with Crippen LogP contribution in [-0.4, -0.2) is 16.2 Å². The molecule has 0 amide bonds. The zero-order valence-electron chi connectivity index (χ0n) is 7.40. The standard InChI is InChI=1S/C10H10N2S/c1-13-7-8-6-11-9-4-2-3-5-10(9)12-8/h2-6H,7H2,1H3. The molecule has 0 atom stereocenters. The van der Waals surface area contributed by atoms with Crippen LogP contribution in [0.4, 0.5) is 0 Å². The van der Waals surface area contributed by atoms with Gasteiger partial charge in [0.05, 0.1) is 16.7 Å². The number of nitrogens with zero attached hydrogens (tertiary/aromatic N) is 2. The highest BCUT2D eigenvalue weighted by Crippen LogP contribution is 2.11. The monoisotopic (exact) mass is 190 g/mol. The zero-order chi connectivity index (χ0) is 9.10. The van der Waals surface area contributed by atoms with E-state index in [0.717, 1.165) is 22.5 Å². The number of fused-ring (bicyclic) bond motifs is 1. The van der Waals surface area contributed by atoms with Crippen molar-refractivity contribution in [3.8, 4) is 0 Å². The maximum absolute atomic E-state index is 4.48. The summed E-state index contributed by atoms with van der Waals surface area (Å²) in [6, 6.07) is 7.93. The van der Waals surface area contributed by atoms with Crippen LogP contribution in [0, 0.1) is 0 Å². The molecule has 1 heterocycles. The zero-order valence-corrected chi connectivity index (χ0v) is 8.21. The first kappa shape index (κ1) is 8.51. The highest BCUT2D eigenvalue weighted by Gasteiger charge is 1.97. The van der Waals surface area contributed by atoms with Crippen molar-refractivity contribution in [2.24, 2.45) is 0 Å². The molecule has 3 heteroatoms. The summed E-state index contributed by atoms with van der Waals surface area (Å²) in [7, 11) is 0. The lowest BCUT2D eigenvalue weighted by molar-refractivity contribution is 1.16. The smallest absolute Gasteiger partial charge is 0.0890 e. The van der Waals surface area contributed by atoms with Gasteiger partial charge in [0.1, 0.15) is 0 Å². The molecule has 66 valence electrons. The van der Waals surface area contributed by atoms with Crippen molar-refractivity contribution in [1.82, 2.24) is 9.97 Å². The lowest BCUT2D eigenvalue weighted by Gasteiger charge is -1.99. The van der Waals surface area contributed by atoms with Crippen molar-refractivity contribution < 1.29 is 0 Å². The molecule has 0 N–H and O–H groups in total. The highest BCUT2D eigenvalue weighted by atomic mass is 32.2. The summed E-state index contributed by atoms with van der Waals surface area (Å²) < 4.78 is 0. The van der Waals surface area contributed by atoms with Crippen LogP contribution < -0.4 is 0 Å². The van der Waals surface area contributed by atoms with E-state index in [2.05, 4.69) is 16.2 Å². The SMILES string of the molecule is CSCc1cnc2ccccc2n1. The third-order valence-electron chi connectivity index (χ3n) is 1.79. The van der Waals surface area contributed by atoms with Crippen LogP contribution in [0.5, 0.6) is 0 Å². The topological polar surface area (TPSA) is 25.8 Å². The van der Waals surface area contributed by atoms with Gasteiger partial charge in [0.15, 0.2) is 0 Å². The minimum Gasteiger partial charge on any atom is -0.253 e. The first-order valence-electron chi connectivity index (χ1n) is 4.10.